The molecule has 0 aliphatic heterocycles. The molecule has 6 nitrogen and oxygen atoms in total. The van der Waals surface area contributed by atoms with Gasteiger partial charge in [0.05, 0.1) is 27.5 Å². The Hall–Kier alpha value is -3.09. The molecule has 0 fully saturated rings. The quantitative estimate of drug-likeness (QED) is 0.652. The largest absolute Gasteiger partial charge is 0.496 e. The third-order valence-electron chi connectivity index (χ3n) is 3.21. The van der Waals surface area contributed by atoms with Gasteiger partial charge in [-0.25, -0.2) is 9.82 Å². The number of benzene rings is 2. The number of methoxy groups -OCH3 is 3. The van der Waals surface area contributed by atoms with Crippen molar-refractivity contribution in [2.24, 2.45) is 5.10 Å². The van der Waals surface area contributed by atoms with E-state index in [9.17, 15) is 9.18 Å². The van der Waals surface area contributed by atoms with E-state index >= 15 is 0 Å². The highest BCUT2D eigenvalue weighted by atomic mass is 19.1. The van der Waals surface area contributed by atoms with Crippen molar-refractivity contribution in [3.8, 4) is 17.2 Å². The number of ether oxygens (including phenoxy) is 3. The summed E-state index contributed by atoms with van der Waals surface area (Å²) < 4.78 is 28.5. The summed E-state index contributed by atoms with van der Waals surface area (Å²) in [5.74, 6) is 0.662. The number of amides is 1. The first-order valence-corrected chi connectivity index (χ1v) is 6.98. The van der Waals surface area contributed by atoms with Crippen molar-refractivity contribution in [3.05, 3.63) is 53.3 Å². The fourth-order valence-corrected chi connectivity index (χ4v) is 1.98. The minimum absolute atomic E-state index is 0.299. The average molecular weight is 332 g/mol. The summed E-state index contributed by atoms with van der Waals surface area (Å²) in [7, 11) is 4.55. The van der Waals surface area contributed by atoms with Crippen LogP contribution >= 0.6 is 0 Å². The fourth-order valence-electron chi connectivity index (χ4n) is 1.98. The summed E-state index contributed by atoms with van der Waals surface area (Å²) in [6, 6.07) is 8.48. The molecular weight excluding hydrogens is 315 g/mol. The first-order chi connectivity index (χ1) is 11.6. The lowest BCUT2D eigenvalue weighted by molar-refractivity contribution is 0.0955. The van der Waals surface area contributed by atoms with Crippen LogP contribution in [-0.2, 0) is 0 Å². The first-order valence-electron chi connectivity index (χ1n) is 6.98. The Bertz CT molecular complexity index is 745. The molecule has 0 unspecified atom stereocenters. The van der Waals surface area contributed by atoms with E-state index in [0.29, 0.717) is 28.4 Å². The Labute approximate surface area is 138 Å². The summed E-state index contributed by atoms with van der Waals surface area (Å²) in [5, 5.41) is 3.89. The van der Waals surface area contributed by atoms with E-state index in [4.69, 9.17) is 14.2 Å². The maximum atomic E-state index is 12.8. The van der Waals surface area contributed by atoms with Crippen LogP contribution in [0.3, 0.4) is 0 Å². The number of nitrogens with one attached hydrogen (secondary N) is 1. The number of nitrogens with zero attached hydrogens (tertiary/aromatic N) is 1. The van der Waals surface area contributed by atoms with Crippen molar-refractivity contribution in [1.29, 1.82) is 0 Å². The summed E-state index contributed by atoms with van der Waals surface area (Å²) in [6.45, 7) is 0. The van der Waals surface area contributed by atoms with Crippen LogP contribution < -0.4 is 19.6 Å². The van der Waals surface area contributed by atoms with Crippen LogP contribution in [-0.4, -0.2) is 33.5 Å². The van der Waals surface area contributed by atoms with E-state index in [-0.39, 0.29) is 0 Å². The van der Waals surface area contributed by atoms with Gasteiger partial charge in [-0.15, -0.1) is 0 Å². The Morgan fingerprint density at radius 3 is 2.17 bits per heavy atom. The van der Waals surface area contributed by atoms with Gasteiger partial charge in [-0.1, -0.05) is 0 Å². The number of carbonyl (C=O) groups is 1. The van der Waals surface area contributed by atoms with Gasteiger partial charge in [-0.05, 0) is 30.3 Å². The van der Waals surface area contributed by atoms with Crippen LogP contribution in [0.15, 0.2) is 41.5 Å². The first kappa shape index (κ1) is 17.3. The van der Waals surface area contributed by atoms with Crippen LogP contribution in [0.5, 0.6) is 17.2 Å². The number of hydrogen-bond acceptors (Lipinski definition) is 5. The standard InChI is InChI=1S/C17H17FN2O4/c1-22-14-9-16(24-3)15(23-2)8-12(14)10-19-20-17(21)11-4-6-13(18)7-5-11/h4-10H,1-3H3,(H,20,21). The van der Waals surface area contributed by atoms with Gasteiger partial charge in [-0.3, -0.25) is 4.79 Å². The number of rotatable bonds is 6. The summed E-state index contributed by atoms with van der Waals surface area (Å²) >= 11 is 0. The zero-order valence-corrected chi connectivity index (χ0v) is 13.5. The molecule has 0 aliphatic rings. The molecule has 2 aromatic carbocycles. The van der Waals surface area contributed by atoms with E-state index in [1.165, 1.54) is 51.8 Å². The van der Waals surface area contributed by atoms with E-state index in [1.807, 2.05) is 0 Å². The molecule has 0 bridgehead atoms. The van der Waals surface area contributed by atoms with Gasteiger partial charge in [0.15, 0.2) is 11.5 Å². The monoisotopic (exact) mass is 332 g/mol. The molecule has 0 heterocycles. The average Bonchev–Trinajstić information content (AvgIpc) is 2.61. The lowest BCUT2D eigenvalue weighted by Crippen LogP contribution is -2.17. The van der Waals surface area contributed by atoms with E-state index in [1.54, 1.807) is 12.1 Å². The molecule has 2 rings (SSSR count). The highest BCUT2D eigenvalue weighted by Gasteiger charge is 2.10. The van der Waals surface area contributed by atoms with Crippen LogP contribution in [0.25, 0.3) is 0 Å². The Balaban J connectivity index is 2.16. The molecular formula is C17H17FN2O4. The summed E-state index contributed by atoms with van der Waals surface area (Å²) in [4.78, 5) is 11.9. The number of carbonyl (C=O) groups excluding carboxylic acids is 1. The van der Waals surface area contributed by atoms with E-state index in [2.05, 4.69) is 10.5 Å². The van der Waals surface area contributed by atoms with Crippen LogP contribution in [0.1, 0.15) is 15.9 Å². The highest BCUT2D eigenvalue weighted by Crippen LogP contribution is 2.33. The highest BCUT2D eigenvalue weighted by molar-refractivity contribution is 5.95. The minimum Gasteiger partial charge on any atom is -0.496 e. The van der Waals surface area contributed by atoms with Crippen LogP contribution in [0.4, 0.5) is 4.39 Å². The van der Waals surface area contributed by atoms with Gasteiger partial charge in [-0.2, -0.15) is 5.10 Å². The minimum atomic E-state index is -0.453. The lowest BCUT2D eigenvalue weighted by Gasteiger charge is -2.11. The topological polar surface area (TPSA) is 69.2 Å². The number of halogens is 1. The molecule has 7 heteroatoms. The Morgan fingerprint density at radius 1 is 1.00 bits per heavy atom. The Morgan fingerprint density at radius 2 is 1.58 bits per heavy atom. The van der Waals surface area contributed by atoms with Crippen molar-refractivity contribution in [3.63, 3.8) is 0 Å². The van der Waals surface area contributed by atoms with E-state index < -0.39 is 11.7 Å². The van der Waals surface area contributed by atoms with Gasteiger partial charge in [0.2, 0.25) is 0 Å². The van der Waals surface area contributed by atoms with Gasteiger partial charge >= 0.3 is 0 Å². The Kier molecular flexibility index (Phi) is 5.73. The predicted molar refractivity (Wildman–Crippen MR) is 87.6 cm³/mol. The zero-order valence-electron chi connectivity index (χ0n) is 13.5. The molecule has 0 aliphatic carbocycles. The van der Waals surface area contributed by atoms with Crippen molar-refractivity contribution < 1.29 is 23.4 Å². The van der Waals surface area contributed by atoms with Crippen LogP contribution in [0, 0.1) is 5.82 Å². The normalized spacial score (nSPS) is 10.5. The maximum Gasteiger partial charge on any atom is 0.271 e. The van der Waals surface area contributed by atoms with Crippen molar-refractivity contribution in [1.82, 2.24) is 5.43 Å². The lowest BCUT2D eigenvalue weighted by atomic mass is 10.2. The molecule has 2 aromatic rings. The number of hydrogen-bond donors (Lipinski definition) is 1. The van der Waals surface area contributed by atoms with Crippen molar-refractivity contribution in [2.75, 3.05) is 21.3 Å². The van der Waals surface area contributed by atoms with Crippen molar-refractivity contribution >= 4 is 12.1 Å². The number of hydrazone groups is 1. The second-order valence-corrected chi connectivity index (χ2v) is 4.66. The fraction of sp³-hybridized carbons (Fsp3) is 0.176. The van der Waals surface area contributed by atoms with Crippen LogP contribution in [0.2, 0.25) is 0 Å². The smallest absolute Gasteiger partial charge is 0.271 e. The van der Waals surface area contributed by atoms with E-state index in [0.717, 1.165) is 0 Å². The van der Waals surface area contributed by atoms with Gasteiger partial charge in [0.1, 0.15) is 11.6 Å². The van der Waals surface area contributed by atoms with Gasteiger partial charge in [0.25, 0.3) is 5.91 Å². The summed E-state index contributed by atoms with van der Waals surface area (Å²) in [6.07, 6.45) is 1.42. The molecule has 0 spiro atoms. The third-order valence-corrected chi connectivity index (χ3v) is 3.21. The molecule has 1 N–H and O–H groups in total. The molecule has 24 heavy (non-hydrogen) atoms. The van der Waals surface area contributed by atoms with Gasteiger partial charge < -0.3 is 14.2 Å². The molecule has 0 saturated heterocycles. The molecule has 0 atom stereocenters. The van der Waals surface area contributed by atoms with Gasteiger partial charge in [0, 0.05) is 17.2 Å². The molecule has 0 aromatic heterocycles. The maximum absolute atomic E-state index is 12.8. The summed E-state index contributed by atoms with van der Waals surface area (Å²) in [5.41, 5.74) is 3.26. The SMILES string of the molecule is COc1cc(OC)c(OC)cc1C=NNC(=O)c1ccc(F)cc1. The third kappa shape index (κ3) is 4.01. The molecule has 0 saturated carbocycles. The molecule has 1 amide bonds. The van der Waals surface area contributed by atoms with Crippen molar-refractivity contribution in [2.45, 2.75) is 0 Å². The second-order valence-electron chi connectivity index (χ2n) is 4.66. The molecule has 126 valence electrons. The zero-order chi connectivity index (χ0) is 17.5. The second kappa shape index (κ2) is 7.96. The predicted octanol–water partition coefficient (Wildman–Crippen LogP) is 2.62. The molecule has 0 radical (unpaired) electrons.